The van der Waals surface area contributed by atoms with Gasteiger partial charge < -0.3 is 24.8 Å². The average Bonchev–Trinajstić information content (AvgIpc) is 3.51. The molecule has 4 fully saturated rings. The first kappa shape index (κ1) is 21.4. The van der Waals surface area contributed by atoms with Gasteiger partial charge in [-0.2, -0.15) is 0 Å². The second kappa shape index (κ2) is 9.58. The highest BCUT2D eigenvalue weighted by atomic mass is 16.5. The molecule has 4 aliphatic rings. The van der Waals surface area contributed by atoms with Crippen LogP contribution in [0, 0.1) is 0 Å². The summed E-state index contributed by atoms with van der Waals surface area (Å²) in [6.07, 6.45) is 3.84. The van der Waals surface area contributed by atoms with Crippen molar-refractivity contribution in [3.05, 3.63) is 12.1 Å². The third kappa shape index (κ3) is 4.80. The largest absolute Gasteiger partial charge is 0.377 e. The Balaban J connectivity index is 1.08. The molecule has 0 bridgehead atoms. The van der Waals surface area contributed by atoms with Crippen LogP contribution < -0.4 is 15.1 Å². The molecule has 0 radical (unpaired) electrons. The number of piperazine rings is 2. The van der Waals surface area contributed by atoms with Crippen molar-refractivity contribution in [3.8, 4) is 0 Å². The van der Waals surface area contributed by atoms with Crippen molar-refractivity contribution in [1.82, 2.24) is 25.3 Å². The first-order valence-corrected chi connectivity index (χ1v) is 11.9. The smallest absolute Gasteiger partial charge is 0.245 e. The average molecular weight is 444 g/mol. The van der Waals surface area contributed by atoms with Crippen molar-refractivity contribution in [1.29, 1.82) is 0 Å². The lowest BCUT2D eigenvalue weighted by Crippen LogP contribution is -2.53. The van der Waals surface area contributed by atoms with Gasteiger partial charge in [-0.1, -0.05) is 0 Å². The molecule has 0 aliphatic carbocycles. The maximum atomic E-state index is 12.6. The highest BCUT2D eigenvalue weighted by Crippen LogP contribution is 2.20. The lowest BCUT2D eigenvalue weighted by Gasteiger charge is -2.37. The van der Waals surface area contributed by atoms with Crippen LogP contribution >= 0.6 is 0 Å². The minimum atomic E-state index is -0.348. The molecule has 0 aromatic carbocycles. The zero-order valence-corrected chi connectivity index (χ0v) is 18.6. The molecule has 1 N–H and O–H groups in total. The minimum absolute atomic E-state index is 0.0263. The zero-order valence-electron chi connectivity index (χ0n) is 18.6. The molecule has 4 aliphatic heterocycles. The molecule has 0 spiro atoms. The Morgan fingerprint density at radius 2 is 1.62 bits per heavy atom. The van der Waals surface area contributed by atoms with Gasteiger partial charge in [0.15, 0.2) is 11.6 Å². The molecule has 2 atom stereocenters. The first-order chi connectivity index (χ1) is 15.7. The van der Waals surface area contributed by atoms with Gasteiger partial charge in [0.1, 0.15) is 6.04 Å². The Kier molecular flexibility index (Phi) is 6.40. The molecule has 4 saturated heterocycles. The Hall–Kier alpha value is -2.46. The van der Waals surface area contributed by atoms with E-state index >= 15 is 0 Å². The number of amides is 2. The Bertz CT molecular complexity index is 798. The number of hydrogen-bond acceptors (Lipinski definition) is 8. The second-order valence-corrected chi connectivity index (χ2v) is 9.14. The summed E-state index contributed by atoms with van der Waals surface area (Å²) in [5, 5.41) is 11.7. The van der Waals surface area contributed by atoms with E-state index in [4.69, 9.17) is 4.74 Å². The lowest BCUT2D eigenvalue weighted by atomic mass is 10.2. The number of rotatable bonds is 5. The number of carbonyl (C=O) groups excluding carboxylic acids is 2. The first-order valence-electron chi connectivity index (χ1n) is 11.9. The molecule has 1 aromatic heterocycles. The number of carbonyl (C=O) groups is 2. The molecule has 0 saturated carbocycles. The van der Waals surface area contributed by atoms with Crippen LogP contribution in [0.25, 0.3) is 0 Å². The van der Waals surface area contributed by atoms with E-state index in [1.807, 2.05) is 11.0 Å². The highest BCUT2D eigenvalue weighted by molar-refractivity contribution is 5.90. The third-order valence-electron chi connectivity index (χ3n) is 7.03. The SMILES string of the molecule is O=C1CCC(C(=O)N2CCN(c3ccc(N4CCN(CC5CCCO5)CC4)nn3)CC2)N1. The fourth-order valence-electron chi connectivity index (χ4n) is 5.07. The van der Waals surface area contributed by atoms with Gasteiger partial charge in [0.2, 0.25) is 11.8 Å². The summed E-state index contributed by atoms with van der Waals surface area (Å²) in [6, 6.07) is 3.75. The number of hydrogen-bond donors (Lipinski definition) is 1. The topological polar surface area (TPSA) is 94.1 Å². The van der Waals surface area contributed by atoms with E-state index in [2.05, 4.69) is 36.3 Å². The molecule has 10 nitrogen and oxygen atoms in total. The van der Waals surface area contributed by atoms with Gasteiger partial charge in [-0.25, -0.2) is 0 Å². The van der Waals surface area contributed by atoms with Crippen LogP contribution in [0.4, 0.5) is 11.6 Å². The molecular formula is C22H33N7O3. The Morgan fingerprint density at radius 3 is 2.16 bits per heavy atom. The number of nitrogens with zero attached hydrogens (tertiary/aromatic N) is 6. The maximum Gasteiger partial charge on any atom is 0.245 e. The van der Waals surface area contributed by atoms with Gasteiger partial charge >= 0.3 is 0 Å². The van der Waals surface area contributed by atoms with Crippen molar-refractivity contribution in [2.75, 3.05) is 75.3 Å². The predicted octanol–water partition coefficient (Wildman–Crippen LogP) is -0.295. The fourth-order valence-corrected chi connectivity index (χ4v) is 5.07. The van der Waals surface area contributed by atoms with E-state index in [1.54, 1.807) is 0 Å². The molecule has 10 heteroatoms. The van der Waals surface area contributed by atoms with Crippen LogP contribution in [0.5, 0.6) is 0 Å². The molecular weight excluding hydrogens is 410 g/mol. The van der Waals surface area contributed by atoms with E-state index < -0.39 is 0 Å². The maximum absolute atomic E-state index is 12.6. The monoisotopic (exact) mass is 443 g/mol. The van der Waals surface area contributed by atoms with Crippen molar-refractivity contribution < 1.29 is 14.3 Å². The lowest BCUT2D eigenvalue weighted by molar-refractivity contribution is -0.134. The van der Waals surface area contributed by atoms with Crippen LogP contribution in [-0.4, -0.2) is 109 Å². The van der Waals surface area contributed by atoms with Gasteiger partial charge in [-0.05, 0) is 31.4 Å². The van der Waals surface area contributed by atoms with Crippen LogP contribution in [0.1, 0.15) is 25.7 Å². The fraction of sp³-hybridized carbons (Fsp3) is 0.727. The predicted molar refractivity (Wildman–Crippen MR) is 120 cm³/mol. The van der Waals surface area contributed by atoms with Crippen molar-refractivity contribution in [2.45, 2.75) is 37.8 Å². The van der Waals surface area contributed by atoms with Gasteiger partial charge in [0, 0.05) is 71.9 Å². The van der Waals surface area contributed by atoms with E-state index in [9.17, 15) is 9.59 Å². The number of anilines is 2. The van der Waals surface area contributed by atoms with Gasteiger partial charge in [-0.3, -0.25) is 14.5 Å². The molecule has 5 heterocycles. The molecule has 174 valence electrons. The third-order valence-corrected chi connectivity index (χ3v) is 7.03. The van der Waals surface area contributed by atoms with E-state index in [0.29, 0.717) is 32.0 Å². The van der Waals surface area contributed by atoms with Gasteiger partial charge in [0.25, 0.3) is 0 Å². The quantitative estimate of drug-likeness (QED) is 0.663. The Morgan fingerprint density at radius 1 is 0.969 bits per heavy atom. The number of aromatic nitrogens is 2. The summed E-state index contributed by atoms with van der Waals surface area (Å²) in [7, 11) is 0. The van der Waals surface area contributed by atoms with Crippen LogP contribution in [0.3, 0.4) is 0 Å². The zero-order chi connectivity index (χ0) is 21.9. The normalized spacial score (nSPS) is 27.1. The highest BCUT2D eigenvalue weighted by Gasteiger charge is 2.32. The summed E-state index contributed by atoms with van der Waals surface area (Å²) < 4.78 is 5.77. The van der Waals surface area contributed by atoms with Crippen molar-refractivity contribution >= 4 is 23.5 Å². The summed E-state index contributed by atoms with van der Waals surface area (Å²) in [6.45, 7) is 8.66. The number of nitrogens with one attached hydrogen (secondary N) is 1. The summed E-state index contributed by atoms with van der Waals surface area (Å²) in [5.41, 5.74) is 0. The van der Waals surface area contributed by atoms with Crippen LogP contribution in [-0.2, 0) is 14.3 Å². The van der Waals surface area contributed by atoms with Crippen LogP contribution in [0.2, 0.25) is 0 Å². The molecule has 32 heavy (non-hydrogen) atoms. The van der Waals surface area contributed by atoms with Crippen LogP contribution in [0.15, 0.2) is 12.1 Å². The van der Waals surface area contributed by atoms with Gasteiger partial charge in [0.05, 0.1) is 6.10 Å². The molecule has 1 aromatic rings. The Labute approximate surface area is 188 Å². The molecule has 5 rings (SSSR count). The molecule has 2 unspecified atom stereocenters. The minimum Gasteiger partial charge on any atom is -0.377 e. The van der Waals surface area contributed by atoms with E-state index in [1.165, 1.54) is 12.8 Å². The number of ether oxygens (including phenoxy) is 1. The summed E-state index contributed by atoms with van der Waals surface area (Å²) >= 11 is 0. The summed E-state index contributed by atoms with van der Waals surface area (Å²) in [4.78, 5) is 32.8. The van der Waals surface area contributed by atoms with E-state index in [-0.39, 0.29) is 17.9 Å². The van der Waals surface area contributed by atoms with Crippen molar-refractivity contribution in [2.24, 2.45) is 0 Å². The van der Waals surface area contributed by atoms with E-state index in [0.717, 1.165) is 64.1 Å². The summed E-state index contributed by atoms with van der Waals surface area (Å²) in [5.74, 6) is 1.79. The standard InChI is InChI=1S/C22H33N7O3/c30-21-6-3-18(23-21)22(31)29-13-11-28(12-14-29)20-5-4-19(24-25-20)27-9-7-26(8-10-27)16-17-2-1-15-32-17/h4-5,17-18H,1-3,6-16H2,(H,23,30). The van der Waals surface area contributed by atoms with Crippen molar-refractivity contribution in [3.63, 3.8) is 0 Å². The second-order valence-electron chi connectivity index (χ2n) is 9.14. The molecule has 2 amide bonds. The van der Waals surface area contributed by atoms with Gasteiger partial charge in [-0.15, -0.1) is 10.2 Å².